The maximum atomic E-state index is 15.8. The number of nitrogens with zero attached hydrogens (tertiary/aromatic N) is 1. The van der Waals surface area contributed by atoms with Crippen molar-refractivity contribution in [3.63, 3.8) is 0 Å². The van der Waals surface area contributed by atoms with Crippen LogP contribution in [0.25, 0.3) is 0 Å². The summed E-state index contributed by atoms with van der Waals surface area (Å²) < 4.78 is 42.8. The molecule has 0 aromatic heterocycles. The Bertz CT molecular complexity index is 1020. The van der Waals surface area contributed by atoms with Crippen molar-refractivity contribution in [2.24, 2.45) is 17.8 Å². The predicted molar refractivity (Wildman–Crippen MR) is 120 cm³/mol. The number of fused-ring (bicyclic) bond motifs is 1. The van der Waals surface area contributed by atoms with Crippen LogP contribution in [-0.2, 0) is 24.8 Å². The lowest BCUT2D eigenvalue weighted by molar-refractivity contribution is -0.149. The molecule has 0 bridgehead atoms. The summed E-state index contributed by atoms with van der Waals surface area (Å²) in [6, 6.07) is 2.46. The molecule has 1 aliphatic carbocycles. The molecule has 2 aliphatic heterocycles. The van der Waals surface area contributed by atoms with Gasteiger partial charge in [0.25, 0.3) is 5.91 Å². The second kappa shape index (κ2) is 9.99. The van der Waals surface area contributed by atoms with Crippen LogP contribution in [0.5, 0.6) is 0 Å². The van der Waals surface area contributed by atoms with Gasteiger partial charge < -0.3 is 15.5 Å². The first-order valence-corrected chi connectivity index (χ1v) is 12.1. The molecule has 2 N–H and O–H groups in total. The third-order valence-electron chi connectivity index (χ3n) is 7.71. The normalized spacial score (nSPS) is 28.2. The fraction of sp³-hybridized carbons (Fsp3) is 0.600. The minimum atomic E-state index is -2.57. The van der Waals surface area contributed by atoms with Crippen LogP contribution in [0.3, 0.4) is 0 Å². The van der Waals surface area contributed by atoms with E-state index in [4.69, 9.17) is 0 Å². The Morgan fingerprint density at radius 2 is 2.03 bits per heavy atom. The molecule has 3 amide bonds. The van der Waals surface area contributed by atoms with Gasteiger partial charge in [0, 0.05) is 24.6 Å². The van der Waals surface area contributed by atoms with Gasteiger partial charge in [0.2, 0.25) is 17.5 Å². The van der Waals surface area contributed by atoms with Gasteiger partial charge in [-0.2, -0.15) is 0 Å². The van der Waals surface area contributed by atoms with E-state index >= 15 is 4.39 Å². The number of hydrogen-bond acceptors (Lipinski definition) is 4. The van der Waals surface area contributed by atoms with Gasteiger partial charge in [-0.3, -0.25) is 19.2 Å². The van der Waals surface area contributed by atoms with E-state index < -0.39 is 53.8 Å². The first-order chi connectivity index (χ1) is 16.6. The Morgan fingerprint density at radius 1 is 1.26 bits per heavy atom. The van der Waals surface area contributed by atoms with Crippen LogP contribution in [-0.4, -0.2) is 60.3 Å². The molecule has 6 atom stereocenters. The molecule has 1 saturated carbocycles. The molecule has 190 valence electrons. The van der Waals surface area contributed by atoms with Crippen LogP contribution in [0, 0.1) is 23.6 Å². The van der Waals surface area contributed by atoms with Gasteiger partial charge in [-0.1, -0.05) is 18.6 Å². The maximum absolute atomic E-state index is 15.8. The lowest BCUT2D eigenvalue weighted by Gasteiger charge is -2.33. The number of benzene rings is 1. The molecule has 1 aromatic carbocycles. The van der Waals surface area contributed by atoms with Gasteiger partial charge in [0.05, 0.1) is 6.04 Å². The molecule has 4 rings (SSSR count). The van der Waals surface area contributed by atoms with E-state index in [0.717, 1.165) is 31.9 Å². The number of nitrogens with one attached hydrogen (secondary N) is 2. The number of likely N-dealkylation sites (tertiary alicyclic amines) is 1. The number of carbonyl (C=O) groups excluding carboxylic acids is 4. The van der Waals surface area contributed by atoms with Gasteiger partial charge in [-0.15, -0.1) is 0 Å². The minimum Gasteiger partial charge on any atom is -0.356 e. The maximum Gasteiger partial charge on any atom is 0.265 e. The van der Waals surface area contributed by atoms with Crippen LogP contribution < -0.4 is 10.6 Å². The summed E-state index contributed by atoms with van der Waals surface area (Å²) >= 11 is 0. The smallest absolute Gasteiger partial charge is 0.265 e. The molecule has 1 aromatic rings. The van der Waals surface area contributed by atoms with Crippen molar-refractivity contribution >= 4 is 23.5 Å². The zero-order valence-electron chi connectivity index (χ0n) is 19.6. The molecule has 0 unspecified atom stereocenters. The second-order valence-electron chi connectivity index (χ2n) is 9.94. The molecule has 35 heavy (non-hydrogen) atoms. The third kappa shape index (κ3) is 4.92. The van der Waals surface area contributed by atoms with E-state index in [1.54, 1.807) is 0 Å². The van der Waals surface area contributed by atoms with Gasteiger partial charge in [0.15, 0.2) is 5.78 Å². The average molecular weight is 494 g/mol. The van der Waals surface area contributed by atoms with Crippen molar-refractivity contribution in [3.05, 3.63) is 35.6 Å². The second-order valence-corrected chi connectivity index (χ2v) is 9.94. The largest absolute Gasteiger partial charge is 0.356 e. The number of Topliss-reactive ketones (excluding diaryl/α,β-unsaturated/α-hetero) is 1. The number of halogens is 3. The molecule has 7 nitrogen and oxygen atoms in total. The van der Waals surface area contributed by atoms with E-state index in [1.807, 2.05) is 0 Å². The molecular formula is C25H30F3N3O4. The molecule has 0 radical (unpaired) electrons. The highest BCUT2D eigenvalue weighted by molar-refractivity contribution is 5.96. The number of alkyl halides is 2. The first-order valence-electron chi connectivity index (χ1n) is 12.1. The monoisotopic (exact) mass is 493 g/mol. The zero-order chi connectivity index (χ0) is 25.3. The van der Waals surface area contributed by atoms with Crippen LogP contribution in [0.15, 0.2) is 24.3 Å². The van der Waals surface area contributed by atoms with Crippen LogP contribution >= 0.6 is 0 Å². The van der Waals surface area contributed by atoms with E-state index in [1.165, 1.54) is 17.0 Å². The quantitative estimate of drug-likeness (QED) is 0.581. The summed E-state index contributed by atoms with van der Waals surface area (Å²) in [7, 11) is 0. The fourth-order valence-electron chi connectivity index (χ4n) is 5.80. The number of amides is 3. The van der Waals surface area contributed by atoms with Crippen molar-refractivity contribution in [2.75, 3.05) is 19.8 Å². The lowest BCUT2D eigenvalue weighted by Crippen LogP contribution is -2.55. The number of ketones is 1. The van der Waals surface area contributed by atoms with Crippen molar-refractivity contribution in [1.82, 2.24) is 15.5 Å². The van der Waals surface area contributed by atoms with E-state index in [9.17, 15) is 28.0 Å². The SMILES string of the molecule is C[C@@](F)(C(=O)N1C[C@@H]2CCC[C@@H]2[C@H]1C(=O)N[C@@H](C[C@@H]1CCNC1=O)C(=O)CF)c1cccc(F)c1. The van der Waals surface area contributed by atoms with Crippen molar-refractivity contribution < 1.29 is 32.3 Å². The lowest BCUT2D eigenvalue weighted by atomic mass is 9.91. The Hall–Kier alpha value is -2.91. The fourth-order valence-corrected chi connectivity index (χ4v) is 5.80. The summed E-state index contributed by atoms with van der Waals surface area (Å²) in [5.41, 5.74) is -2.73. The summed E-state index contributed by atoms with van der Waals surface area (Å²) in [6.45, 7) is 0.350. The Labute approximate surface area is 201 Å². The van der Waals surface area contributed by atoms with Crippen LogP contribution in [0.1, 0.15) is 44.6 Å². The highest BCUT2D eigenvalue weighted by Crippen LogP contribution is 2.44. The van der Waals surface area contributed by atoms with Crippen molar-refractivity contribution in [3.8, 4) is 0 Å². The van der Waals surface area contributed by atoms with Gasteiger partial charge >= 0.3 is 0 Å². The molecule has 0 spiro atoms. The van der Waals surface area contributed by atoms with Crippen LogP contribution in [0.2, 0.25) is 0 Å². The van der Waals surface area contributed by atoms with E-state index in [0.29, 0.717) is 19.4 Å². The zero-order valence-corrected chi connectivity index (χ0v) is 19.6. The molecule has 3 aliphatic rings. The number of carbonyl (C=O) groups is 4. The number of hydrogen-bond donors (Lipinski definition) is 2. The summed E-state index contributed by atoms with van der Waals surface area (Å²) in [5, 5.41) is 5.22. The Kier molecular flexibility index (Phi) is 7.19. The summed E-state index contributed by atoms with van der Waals surface area (Å²) in [6.07, 6.45) is 2.71. The van der Waals surface area contributed by atoms with Crippen molar-refractivity contribution in [1.29, 1.82) is 0 Å². The highest BCUT2D eigenvalue weighted by atomic mass is 19.1. The Morgan fingerprint density at radius 3 is 2.69 bits per heavy atom. The molecule has 2 heterocycles. The summed E-state index contributed by atoms with van der Waals surface area (Å²) in [5.74, 6) is -4.17. The first kappa shape index (κ1) is 25.2. The van der Waals surface area contributed by atoms with Crippen LogP contribution in [0.4, 0.5) is 13.2 Å². The minimum absolute atomic E-state index is 0.00561. The van der Waals surface area contributed by atoms with E-state index in [2.05, 4.69) is 10.6 Å². The molecule has 2 saturated heterocycles. The van der Waals surface area contributed by atoms with Gasteiger partial charge in [-0.05, 0) is 56.6 Å². The van der Waals surface area contributed by atoms with Gasteiger partial charge in [0.1, 0.15) is 18.5 Å². The average Bonchev–Trinajstić information content (AvgIpc) is 3.53. The molecule has 10 heteroatoms. The summed E-state index contributed by atoms with van der Waals surface area (Å²) in [4.78, 5) is 52.3. The molecular weight excluding hydrogens is 463 g/mol. The standard InChI is InChI=1S/C25H30F3N3O4/c1-25(28,16-5-3-6-17(27)11-16)24(35)31-13-15-4-2-7-18(15)21(31)23(34)30-19(20(32)12-26)10-14-8-9-29-22(14)33/h3,5-6,11,14-15,18-19,21H,2,4,7-10,12-13H2,1H3,(H,29,33)(H,30,34)/t14-,15-,18-,19-,21-,25-/m0/s1. The van der Waals surface area contributed by atoms with Crippen molar-refractivity contribution in [2.45, 2.75) is 56.8 Å². The van der Waals surface area contributed by atoms with E-state index in [-0.39, 0.29) is 36.3 Å². The third-order valence-corrected chi connectivity index (χ3v) is 7.71. The topological polar surface area (TPSA) is 95.6 Å². The predicted octanol–water partition coefficient (Wildman–Crippen LogP) is 2.19. The Balaban J connectivity index is 1.57. The number of rotatable bonds is 8. The van der Waals surface area contributed by atoms with Gasteiger partial charge in [-0.25, -0.2) is 13.2 Å². The highest BCUT2D eigenvalue weighted by Gasteiger charge is 2.53. The molecule has 3 fully saturated rings.